The van der Waals surface area contributed by atoms with Crippen molar-refractivity contribution in [2.24, 2.45) is 10.8 Å². The standard InChI is InChI=1S/C15H12Cl3N3O2/c16-11-4-2-1-3-10(11)8-23-14-12(17)5-9(6-13(14)18)7-20-21-15(19)22/h1-7H,8H2,(H3,19,21,22)/b20-7-. The molecule has 0 radical (unpaired) electrons. The molecule has 0 heterocycles. The molecule has 0 saturated carbocycles. The van der Waals surface area contributed by atoms with E-state index < -0.39 is 6.03 Å². The Morgan fingerprint density at radius 3 is 2.43 bits per heavy atom. The summed E-state index contributed by atoms with van der Waals surface area (Å²) in [5.74, 6) is 0.341. The molecule has 0 saturated heterocycles. The molecule has 0 aliphatic rings. The molecule has 0 bridgehead atoms. The van der Waals surface area contributed by atoms with Crippen LogP contribution in [0.1, 0.15) is 11.1 Å². The van der Waals surface area contributed by atoms with Crippen molar-refractivity contribution in [1.82, 2.24) is 5.43 Å². The first-order chi connectivity index (χ1) is 11.0. The fraction of sp³-hybridized carbons (Fsp3) is 0.0667. The minimum atomic E-state index is -0.766. The van der Waals surface area contributed by atoms with Crippen LogP contribution in [0, 0.1) is 0 Å². The number of hydrogen-bond donors (Lipinski definition) is 2. The Labute approximate surface area is 148 Å². The number of hydrogen-bond acceptors (Lipinski definition) is 3. The zero-order valence-electron chi connectivity index (χ0n) is 11.7. The number of ether oxygens (including phenoxy) is 1. The van der Waals surface area contributed by atoms with E-state index in [1.165, 1.54) is 6.21 Å². The molecule has 0 atom stereocenters. The maximum absolute atomic E-state index is 10.5. The van der Waals surface area contributed by atoms with Gasteiger partial charge in [-0.1, -0.05) is 53.0 Å². The monoisotopic (exact) mass is 371 g/mol. The largest absolute Gasteiger partial charge is 0.486 e. The van der Waals surface area contributed by atoms with Gasteiger partial charge in [-0.3, -0.25) is 0 Å². The predicted molar refractivity (Wildman–Crippen MR) is 92.6 cm³/mol. The van der Waals surface area contributed by atoms with Crippen molar-refractivity contribution in [2.45, 2.75) is 6.61 Å². The Hall–Kier alpha value is -1.95. The summed E-state index contributed by atoms with van der Waals surface area (Å²) >= 11 is 18.4. The van der Waals surface area contributed by atoms with E-state index in [9.17, 15) is 4.79 Å². The number of nitrogens with one attached hydrogen (secondary N) is 1. The van der Waals surface area contributed by atoms with E-state index in [4.69, 9.17) is 45.3 Å². The van der Waals surface area contributed by atoms with Gasteiger partial charge < -0.3 is 10.5 Å². The molecule has 2 aromatic rings. The van der Waals surface area contributed by atoms with Gasteiger partial charge in [0.2, 0.25) is 0 Å². The molecule has 0 fully saturated rings. The van der Waals surface area contributed by atoms with Crippen molar-refractivity contribution in [3.05, 3.63) is 62.6 Å². The third kappa shape index (κ3) is 5.03. The van der Waals surface area contributed by atoms with Crippen LogP contribution >= 0.6 is 34.8 Å². The van der Waals surface area contributed by atoms with Crippen molar-refractivity contribution in [3.63, 3.8) is 0 Å². The van der Waals surface area contributed by atoms with Crippen LogP contribution in [0.25, 0.3) is 0 Å². The molecule has 2 aromatic carbocycles. The van der Waals surface area contributed by atoms with Gasteiger partial charge in [0.1, 0.15) is 6.61 Å². The molecule has 0 aliphatic heterocycles. The number of amides is 2. The second-order valence-corrected chi connectivity index (χ2v) is 5.65. The molecular formula is C15H12Cl3N3O2. The van der Waals surface area contributed by atoms with Gasteiger partial charge in [0.15, 0.2) is 5.75 Å². The lowest BCUT2D eigenvalue weighted by Gasteiger charge is -2.11. The highest BCUT2D eigenvalue weighted by molar-refractivity contribution is 6.37. The van der Waals surface area contributed by atoms with Gasteiger partial charge in [0.05, 0.1) is 16.3 Å². The Bertz CT molecular complexity index is 727. The van der Waals surface area contributed by atoms with Crippen LogP contribution in [-0.4, -0.2) is 12.2 Å². The van der Waals surface area contributed by atoms with Crippen LogP contribution in [0.3, 0.4) is 0 Å². The molecule has 5 nitrogen and oxygen atoms in total. The summed E-state index contributed by atoms with van der Waals surface area (Å²) in [4.78, 5) is 10.5. The number of carbonyl (C=O) groups is 1. The Kier molecular flexibility index (Phi) is 6.10. The molecule has 2 rings (SSSR count). The molecule has 0 unspecified atom stereocenters. The van der Waals surface area contributed by atoms with E-state index in [0.29, 0.717) is 26.4 Å². The van der Waals surface area contributed by atoms with E-state index in [2.05, 4.69) is 10.5 Å². The number of nitrogens with zero attached hydrogens (tertiary/aromatic N) is 1. The number of carbonyl (C=O) groups excluding carboxylic acids is 1. The van der Waals surface area contributed by atoms with Crippen molar-refractivity contribution in [2.75, 3.05) is 0 Å². The summed E-state index contributed by atoms with van der Waals surface area (Å²) in [5.41, 5.74) is 8.38. The normalized spacial score (nSPS) is 10.7. The average Bonchev–Trinajstić information content (AvgIpc) is 2.48. The first-order valence-electron chi connectivity index (χ1n) is 6.41. The molecule has 0 spiro atoms. The first-order valence-corrected chi connectivity index (χ1v) is 7.54. The zero-order chi connectivity index (χ0) is 16.8. The van der Waals surface area contributed by atoms with Crippen LogP contribution in [0.2, 0.25) is 15.1 Å². The van der Waals surface area contributed by atoms with Crippen LogP contribution in [0.4, 0.5) is 4.79 Å². The predicted octanol–water partition coefficient (Wildman–Crippen LogP) is 4.23. The number of hydrazone groups is 1. The summed E-state index contributed by atoms with van der Waals surface area (Å²) in [5, 5.41) is 4.85. The van der Waals surface area contributed by atoms with Crippen LogP contribution in [0.15, 0.2) is 41.5 Å². The Balaban J connectivity index is 2.13. The lowest BCUT2D eigenvalue weighted by molar-refractivity contribution is 0.249. The quantitative estimate of drug-likeness (QED) is 0.608. The number of primary amides is 1. The third-order valence-corrected chi connectivity index (χ3v) is 3.67. The van der Waals surface area contributed by atoms with Crippen LogP contribution in [0.5, 0.6) is 5.75 Å². The van der Waals surface area contributed by atoms with Gasteiger partial charge >= 0.3 is 6.03 Å². The summed E-state index contributed by atoms with van der Waals surface area (Å²) in [6.45, 7) is 0.232. The maximum atomic E-state index is 10.5. The topological polar surface area (TPSA) is 76.7 Å². The van der Waals surface area contributed by atoms with Gasteiger partial charge in [-0.15, -0.1) is 0 Å². The van der Waals surface area contributed by atoms with Crippen molar-refractivity contribution in [1.29, 1.82) is 0 Å². The van der Waals surface area contributed by atoms with Crippen LogP contribution < -0.4 is 15.9 Å². The molecular weight excluding hydrogens is 361 g/mol. The SMILES string of the molecule is NC(=O)N/N=C\c1cc(Cl)c(OCc2ccccc2Cl)c(Cl)c1. The molecule has 8 heteroatoms. The fourth-order valence-corrected chi connectivity index (χ4v) is 2.53. The highest BCUT2D eigenvalue weighted by Gasteiger charge is 2.10. The lowest BCUT2D eigenvalue weighted by Crippen LogP contribution is -2.24. The minimum Gasteiger partial charge on any atom is -0.486 e. The maximum Gasteiger partial charge on any atom is 0.332 e. The smallest absolute Gasteiger partial charge is 0.332 e. The van der Waals surface area contributed by atoms with E-state index >= 15 is 0 Å². The minimum absolute atomic E-state index is 0.232. The summed E-state index contributed by atoms with van der Waals surface area (Å²) in [6.07, 6.45) is 1.36. The summed E-state index contributed by atoms with van der Waals surface area (Å²) < 4.78 is 5.65. The van der Waals surface area contributed by atoms with Crippen LogP contribution in [-0.2, 0) is 6.61 Å². The third-order valence-electron chi connectivity index (χ3n) is 2.74. The van der Waals surface area contributed by atoms with Crippen molar-refractivity contribution >= 4 is 47.0 Å². The second-order valence-electron chi connectivity index (χ2n) is 4.43. The van der Waals surface area contributed by atoms with Gasteiger partial charge in [0.25, 0.3) is 0 Å². The number of nitrogens with two attached hydrogens (primary N) is 1. The number of benzene rings is 2. The van der Waals surface area contributed by atoms with Gasteiger partial charge in [0, 0.05) is 10.6 Å². The Morgan fingerprint density at radius 2 is 1.83 bits per heavy atom. The first kappa shape index (κ1) is 17.4. The molecule has 120 valence electrons. The summed E-state index contributed by atoms with van der Waals surface area (Å²) in [6, 6.07) is 9.75. The van der Waals surface area contributed by atoms with E-state index in [-0.39, 0.29) is 6.61 Å². The molecule has 0 aliphatic carbocycles. The van der Waals surface area contributed by atoms with Crippen molar-refractivity contribution < 1.29 is 9.53 Å². The highest BCUT2D eigenvalue weighted by Crippen LogP contribution is 2.34. The summed E-state index contributed by atoms with van der Waals surface area (Å²) in [7, 11) is 0. The fourth-order valence-electron chi connectivity index (χ4n) is 1.73. The zero-order valence-corrected chi connectivity index (χ0v) is 14.0. The molecule has 2 amide bonds. The molecule has 23 heavy (non-hydrogen) atoms. The molecule has 0 aromatic heterocycles. The van der Waals surface area contributed by atoms with Gasteiger partial charge in [-0.05, 0) is 23.8 Å². The second kappa shape index (κ2) is 8.06. The number of urea groups is 1. The average molecular weight is 373 g/mol. The molecule has 3 N–H and O–H groups in total. The van der Waals surface area contributed by atoms with E-state index in [1.807, 2.05) is 18.2 Å². The van der Waals surface area contributed by atoms with Gasteiger partial charge in [-0.25, -0.2) is 10.2 Å². The van der Waals surface area contributed by atoms with E-state index in [1.54, 1.807) is 18.2 Å². The number of rotatable bonds is 5. The van der Waals surface area contributed by atoms with E-state index in [0.717, 1.165) is 5.56 Å². The Morgan fingerprint density at radius 1 is 1.17 bits per heavy atom. The van der Waals surface area contributed by atoms with Gasteiger partial charge in [-0.2, -0.15) is 5.10 Å². The number of halogens is 3. The lowest BCUT2D eigenvalue weighted by atomic mass is 10.2. The highest BCUT2D eigenvalue weighted by atomic mass is 35.5. The van der Waals surface area contributed by atoms with Crippen molar-refractivity contribution in [3.8, 4) is 5.75 Å².